The summed E-state index contributed by atoms with van der Waals surface area (Å²) in [4.78, 5) is 18.7. The third-order valence-corrected chi connectivity index (χ3v) is 6.68. The number of fused-ring (bicyclic) bond motifs is 1. The number of hydrogen-bond donors (Lipinski definition) is 2. The molecule has 0 spiro atoms. The summed E-state index contributed by atoms with van der Waals surface area (Å²) in [7, 11) is 0. The molecule has 3 aromatic rings. The number of para-hydroxylation sites is 2. The smallest absolute Gasteiger partial charge is 0.341 e. The second kappa shape index (κ2) is 8.79. The van der Waals surface area contributed by atoms with Gasteiger partial charge in [0.15, 0.2) is 0 Å². The van der Waals surface area contributed by atoms with Crippen LogP contribution in [0.15, 0.2) is 54.6 Å². The highest BCUT2D eigenvalue weighted by Gasteiger charge is 2.39. The van der Waals surface area contributed by atoms with Crippen molar-refractivity contribution < 1.29 is 18.0 Å². The van der Waals surface area contributed by atoms with Crippen LogP contribution in [-0.4, -0.2) is 39.5 Å². The fraction of sp³-hybridized carbons (Fsp3) is 0.417. The predicted molar refractivity (Wildman–Crippen MR) is 118 cm³/mol. The minimum absolute atomic E-state index is 0.0449. The van der Waals surface area contributed by atoms with Gasteiger partial charge in [0, 0.05) is 25.7 Å². The predicted octanol–water partition coefficient (Wildman–Crippen LogP) is 3.90. The van der Waals surface area contributed by atoms with Crippen LogP contribution in [0.25, 0.3) is 11.0 Å². The van der Waals surface area contributed by atoms with Crippen molar-refractivity contribution in [1.82, 2.24) is 25.3 Å². The molecular formula is C24H26F3N5O. The van der Waals surface area contributed by atoms with Gasteiger partial charge in [0.25, 0.3) is 0 Å². The molecule has 1 aromatic heterocycles. The van der Waals surface area contributed by atoms with E-state index in [9.17, 15) is 18.0 Å². The van der Waals surface area contributed by atoms with Crippen LogP contribution in [0.3, 0.4) is 0 Å². The van der Waals surface area contributed by atoms with Crippen LogP contribution in [0.4, 0.5) is 13.2 Å². The van der Waals surface area contributed by atoms with Gasteiger partial charge in [0.2, 0.25) is 11.7 Å². The number of nitrogens with zero attached hydrogens (tertiary/aromatic N) is 3. The molecule has 6 nitrogen and oxygen atoms in total. The summed E-state index contributed by atoms with van der Waals surface area (Å²) in [5.74, 6) is -0.752. The largest absolute Gasteiger partial charge is 0.449 e. The van der Waals surface area contributed by atoms with Crippen LogP contribution in [0, 0.1) is 5.92 Å². The number of rotatable bonds is 4. The molecule has 2 aliphatic rings. The van der Waals surface area contributed by atoms with Gasteiger partial charge in [0.05, 0.1) is 11.0 Å². The van der Waals surface area contributed by atoms with Crippen LogP contribution in [0.1, 0.15) is 36.7 Å². The Morgan fingerprint density at radius 2 is 1.70 bits per heavy atom. The number of hydrogen-bond acceptors (Lipinski definition) is 4. The van der Waals surface area contributed by atoms with Gasteiger partial charge in [-0.25, -0.2) is 15.8 Å². The van der Waals surface area contributed by atoms with Crippen molar-refractivity contribution in [1.29, 1.82) is 0 Å². The van der Waals surface area contributed by atoms with E-state index in [-0.39, 0.29) is 30.5 Å². The summed E-state index contributed by atoms with van der Waals surface area (Å²) in [5.41, 5.74) is 8.30. The first kappa shape index (κ1) is 21.9. The third-order valence-electron chi connectivity index (χ3n) is 6.68. The van der Waals surface area contributed by atoms with E-state index in [1.165, 1.54) is 4.57 Å². The highest BCUT2D eigenvalue weighted by atomic mass is 19.4. The Kier molecular flexibility index (Phi) is 5.84. The van der Waals surface area contributed by atoms with E-state index in [1.807, 2.05) is 35.2 Å². The Bertz CT molecular complexity index is 1120. The van der Waals surface area contributed by atoms with Gasteiger partial charge in [0.1, 0.15) is 6.04 Å². The van der Waals surface area contributed by atoms with Crippen LogP contribution >= 0.6 is 0 Å². The molecule has 2 saturated heterocycles. The number of nitrogens with one attached hydrogen (secondary N) is 2. The molecule has 2 fully saturated rings. The molecule has 2 aromatic carbocycles. The topological polar surface area (TPSA) is 62.2 Å². The summed E-state index contributed by atoms with van der Waals surface area (Å²) < 4.78 is 42.1. The van der Waals surface area contributed by atoms with Crippen LogP contribution < -0.4 is 10.9 Å². The number of imidazole rings is 1. The first-order chi connectivity index (χ1) is 15.9. The number of halogens is 3. The molecule has 174 valence electrons. The SMILES string of the molecule is O=C(C1CC(c2ccccc2)NN1)N1CCC(Cn2c(C(F)(F)F)nc3ccccc32)CC1. The number of aromatic nitrogens is 2. The zero-order valence-electron chi connectivity index (χ0n) is 18.1. The second-order valence-corrected chi connectivity index (χ2v) is 8.84. The standard InChI is InChI=1S/C24H26F3N5O/c25-24(26,27)23-28-18-8-4-5-9-21(18)32(23)15-16-10-12-31(13-11-16)22(33)20-14-19(29-30-20)17-6-2-1-3-7-17/h1-9,16,19-20,29-30H,10-15H2. The lowest BCUT2D eigenvalue weighted by Crippen LogP contribution is -2.48. The maximum Gasteiger partial charge on any atom is 0.449 e. The molecule has 2 N–H and O–H groups in total. The lowest BCUT2D eigenvalue weighted by Gasteiger charge is -2.34. The lowest BCUT2D eigenvalue weighted by molar-refractivity contribution is -0.147. The monoisotopic (exact) mass is 457 g/mol. The maximum absolute atomic E-state index is 13.6. The van der Waals surface area contributed by atoms with E-state index in [0.29, 0.717) is 43.4 Å². The number of carbonyl (C=O) groups is 1. The van der Waals surface area contributed by atoms with Crippen LogP contribution in [-0.2, 0) is 17.5 Å². The first-order valence-corrected chi connectivity index (χ1v) is 11.3. The molecule has 2 atom stereocenters. The number of alkyl halides is 3. The van der Waals surface area contributed by atoms with Gasteiger partial charge in [-0.15, -0.1) is 0 Å². The molecule has 1 amide bonds. The average molecular weight is 458 g/mol. The van der Waals surface area contributed by atoms with Gasteiger partial charge in [-0.3, -0.25) is 4.79 Å². The molecule has 2 aliphatic heterocycles. The summed E-state index contributed by atoms with van der Waals surface area (Å²) in [6, 6.07) is 16.5. The summed E-state index contributed by atoms with van der Waals surface area (Å²) >= 11 is 0. The molecule has 2 unspecified atom stereocenters. The van der Waals surface area contributed by atoms with Crippen molar-refractivity contribution in [2.75, 3.05) is 13.1 Å². The normalized spacial score (nSPS) is 22.2. The van der Waals surface area contributed by atoms with E-state index in [0.717, 1.165) is 5.56 Å². The van der Waals surface area contributed by atoms with E-state index >= 15 is 0 Å². The van der Waals surface area contributed by atoms with Gasteiger partial charge < -0.3 is 9.47 Å². The zero-order valence-corrected chi connectivity index (χ0v) is 18.1. The van der Waals surface area contributed by atoms with Gasteiger partial charge in [-0.2, -0.15) is 13.2 Å². The van der Waals surface area contributed by atoms with E-state index in [2.05, 4.69) is 15.8 Å². The van der Waals surface area contributed by atoms with Crippen LogP contribution in [0.2, 0.25) is 0 Å². The summed E-state index contributed by atoms with van der Waals surface area (Å²) in [6.45, 7) is 1.34. The van der Waals surface area contributed by atoms with Crippen molar-refractivity contribution in [3.8, 4) is 0 Å². The molecule has 3 heterocycles. The van der Waals surface area contributed by atoms with Crippen molar-refractivity contribution in [2.45, 2.75) is 44.1 Å². The minimum atomic E-state index is -4.51. The fourth-order valence-electron chi connectivity index (χ4n) is 4.91. The van der Waals surface area contributed by atoms with E-state index < -0.39 is 12.0 Å². The highest BCUT2D eigenvalue weighted by Crippen LogP contribution is 2.33. The molecule has 9 heteroatoms. The van der Waals surface area contributed by atoms with Gasteiger partial charge in [-0.1, -0.05) is 42.5 Å². The lowest BCUT2D eigenvalue weighted by atomic mass is 9.95. The highest BCUT2D eigenvalue weighted by molar-refractivity contribution is 5.82. The molecule has 0 radical (unpaired) electrons. The number of piperidine rings is 1. The van der Waals surface area contributed by atoms with Gasteiger partial charge in [-0.05, 0) is 42.9 Å². The number of benzene rings is 2. The molecule has 0 aliphatic carbocycles. The molecular weight excluding hydrogens is 431 g/mol. The van der Waals surface area contributed by atoms with Crippen molar-refractivity contribution in [3.63, 3.8) is 0 Å². The Labute approximate surface area is 189 Å². The molecule has 33 heavy (non-hydrogen) atoms. The quantitative estimate of drug-likeness (QED) is 0.624. The Morgan fingerprint density at radius 1 is 1.00 bits per heavy atom. The number of carbonyl (C=O) groups excluding carboxylic acids is 1. The second-order valence-electron chi connectivity index (χ2n) is 8.84. The summed E-state index contributed by atoms with van der Waals surface area (Å²) in [6.07, 6.45) is -2.51. The number of hydrazine groups is 1. The fourth-order valence-corrected chi connectivity index (χ4v) is 4.91. The number of likely N-dealkylation sites (tertiary alicyclic amines) is 1. The Morgan fingerprint density at radius 3 is 2.42 bits per heavy atom. The van der Waals surface area contributed by atoms with Crippen molar-refractivity contribution in [2.24, 2.45) is 5.92 Å². The van der Waals surface area contributed by atoms with Crippen molar-refractivity contribution >= 4 is 16.9 Å². The Hall–Kier alpha value is -2.91. The number of amides is 1. The summed E-state index contributed by atoms with van der Waals surface area (Å²) in [5, 5.41) is 0. The van der Waals surface area contributed by atoms with Crippen LogP contribution in [0.5, 0.6) is 0 Å². The first-order valence-electron chi connectivity index (χ1n) is 11.3. The third kappa shape index (κ3) is 4.47. The molecule has 0 saturated carbocycles. The maximum atomic E-state index is 13.6. The minimum Gasteiger partial charge on any atom is -0.341 e. The molecule has 5 rings (SSSR count). The van der Waals surface area contributed by atoms with Gasteiger partial charge >= 0.3 is 6.18 Å². The van der Waals surface area contributed by atoms with Crippen molar-refractivity contribution in [3.05, 3.63) is 66.0 Å². The van der Waals surface area contributed by atoms with E-state index in [1.54, 1.807) is 24.3 Å². The Balaban J connectivity index is 1.21. The average Bonchev–Trinajstić information content (AvgIpc) is 3.46. The van der Waals surface area contributed by atoms with E-state index in [4.69, 9.17) is 0 Å². The zero-order chi connectivity index (χ0) is 23.0. The molecule has 0 bridgehead atoms.